The summed E-state index contributed by atoms with van der Waals surface area (Å²) in [6, 6.07) is 6.66. The van der Waals surface area contributed by atoms with Crippen LogP contribution in [0, 0.1) is 0 Å². The molecule has 0 bridgehead atoms. The van der Waals surface area contributed by atoms with Crippen LogP contribution < -0.4 is 5.32 Å². The molecule has 1 rings (SSSR count). The summed E-state index contributed by atoms with van der Waals surface area (Å²) < 4.78 is 0. The third-order valence-electron chi connectivity index (χ3n) is 1.76. The number of rotatable bonds is 5. The van der Waals surface area contributed by atoms with E-state index in [1.54, 1.807) is 24.3 Å². The number of phenols is 1. The van der Waals surface area contributed by atoms with E-state index in [9.17, 15) is 4.79 Å². The minimum atomic E-state index is -0.780. The highest BCUT2D eigenvalue weighted by Gasteiger charge is 1.96. The van der Waals surface area contributed by atoms with E-state index in [0.717, 1.165) is 5.69 Å². The first-order chi connectivity index (χ1) is 6.68. The predicted molar refractivity (Wildman–Crippen MR) is 53.5 cm³/mol. The van der Waals surface area contributed by atoms with Gasteiger partial charge in [0.1, 0.15) is 5.75 Å². The van der Waals surface area contributed by atoms with Crippen molar-refractivity contribution in [3.05, 3.63) is 24.3 Å². The number of carboxylic acids is 1. The number of aliphatic carboxylic acids is 1. The normalized spacial score (nSPS) is 9.71. The number of benzene rings is 1. The molecule has 0 fully saturated rings. The molecule has 0 aliphatic carbocycles. The molecule has 0 atom stereocenters. The van der Waals surface area contributed by atoms with E-state index in [-0.39, 0.29) is 12.2 Å². The molecule has 0 aromatic heterocycles. The number of nitrogens with one attached hydrogen (secondary N) is 1. The molecular weight excluding hydrogens is 182 g/mol. The van der Waals surface area contributed by atoms with Gasteiger partial charge in [-0.1, -0.05) is 0 Å². The SMILES string of the molecule is O=C(O)CCCNc1ccc(O)cc1. The average molecular weight is 195 g/mol. The maximum atomic E-state index is 10.2. The molecule has 0 amide bonds. The van der Waals surface area contributed by atoms with Crippen molar-refractivity contribution in [2.45, 2.75) is 12.8 Å². The highest BCUT2D eigenvalue weighted by Crippen LogP contribution is 2.13. The molecule has 76 valence electrons. The molecule has 1 aromatic carbocycles. The Balaban J connectivity index is 2.25. The van der Waals surface area contributed by atoms with Crippen LogP contribution in [0.1, 0.15) is 12.8 Å². The van der Waals surface area contributed by atoms with Gasteiger partial charge in [0.05, 0.1) is 0 Å². The van der Waals surface area contributed by atoms with Crippen molar-refractivity contribution in [2.24, 2.45) is 0 Å². The monoisotopic (exact) mass is 195 g/mol. The molecule has 0 saturated carbocycles. The van der Waals surface area contributed by atoms with Crippen molar-refractivity contribution in [1.29, 1.82) is 0 Å². The van der Waals surface area contributed by atoms with Gasteiger partial charge in [0.2, 0.25) is 0 Å². The number of anilines is 1. The molecule has 3 N–H and O–H groups in total. The first kappa shape index (κ1) is 10.4. The molecule has 0 spiro atoms. The molecule has 1 aromatic rings. The van der Waals surface area contributed by atoms with Crippen LogP contribution >= 0.6 is 0 Å². The topological polar surface area (TPSA) is 69.6 Å². The summed E-state index contributed by atoms with van der Waals surface area (Å²) in [4.78, 5) is 10.2. The molecule has 0 unspecified atom stereocenters. The van der Waals surface area contributed by atoms with Crippen LogP contribution in [0.15, 0.2) is 24.3 Å². The van der Waals surface area contributed by atoms with Gasteiger partial charge in [0, 0.05) is 18.7 Å². The van der Waals surface area contributed by atoms with Gasteiger partial charge in [0.15, 0.2) is 0 Å². The Morgan fingerprint density at radius 2 is 1.93 bits per heavy atom. The molecule has 0 saturated heterocycles. The van der Waals surface area contributed by atoms with Crippen LogP contribution in [0.2, 0.25) is 0 Å². The van der Waals surface area contributed by atoms with Crippen LogP contribution in [-0.2, 0) is 4.79 Å². The lowest BCUT2D eigenvalue weighted by Crippen LogP contribution is -2.04. The number of hydrogen-bond donors (Lipinski definition) is 3. The van der Waals surface area contributed by atoms with Crippen LogP contribution in [0.5, 0.6) is 5.75 Å². The predicted octanol–water partition coefficient (Wildman–Crippen LogP) is 1.67. The Morgan fingerprint density at radius 1 is 1.29 bits per heavy atom. The molecule has 4 nitrogen and oxygen atoms in total. The lowest BCUT2D eigenvalue weighted by molar-refractivity contribution is -0.137. The summed E-state index contributed by atoms with van der Waals surface area (Å²) >= 11 is 0. The molecular formula is C10H13NO3. The highest BCUT2D eigenvalue weighted by molar-refractivity contribution is 5.66. The van der Waals surface area contributed by atoms with Gasteiger partial charge in [-0.15, -0.1) is 0 Å². The Labute approximate surface area is 82.2 Å². The second kappa shape index (κ2) is 5.11. The number of carboxylic acid groups (broad SMARTS) is 1. The summed E-state index contributed by atoms with van der Waals surface area (Å²) in [7, 11) is 0. The van der Waals surface area contributed by atoms with Crippen molar-refractivity contribution >= 4 is 11.7 Å². The van der Waals surface area contributed by atoms with Crippen LogP contribution in [0.4, 0.5) is 5.69 Å². The maximum Gasteiger partial charge on any atom is 0.303 e. The Kier molecular flexibility index (Phi) is 3.79. The maximum absolute atomic E-state index is 10.2. The minimum absolute atomic E-state index is 0.172. The fourth-order valence-corrected chi connectivity index (χ4v) is 1.05. The number of aromatic hydroxyl groups is 1. The molecule has 0 radical (unpaired) electrons. The number of hydrogen-bond acceptors (Lipinski definition) is 3. The van der Waals surface area contributed by atoms with Crippen molar-refractivity contribution < 1.29 is 15.0 Å². The van der Waals surface area contributed by atoms with Gasteiger partial charge < -0.3 is 15.5 Å². The summed E-state index contributed by atoms with van der Waals surface area (Å²) in [5, 5.41) is 20.4. The molecule has 4 heteroatoms. The number of carbonyl (C=O) groups is 1. The van der Waals surface area contributed by atoms with Gasteiger partial charge in [-0.05, 0) is 30.7 Å². The lowest BCUT2D eigenvalue weighted by Gasteiger charge is -2.04. The van der Waals surface area contributed by atoms with Gasteiger partial charge in [-0.25, -0.2) is 0 Å². The third-order valence-corrected chi connectivity index (χ3v) is 1.76. The van der Waals surface area contributed by atoms with Crippen molar-refractivity contribution in [2.75, 3.05) is 11.9 Å². The first-order valence-corrected chi connectivity index (χ1v) is 4.43. The minimum Gasteiger partial charge on any atom is -0.508 e. The van der Waals surface area contributed by atoms with E-state index in [0.29, 0.717) is 13.0 Å². The molecule has 14 heavy (non-hydrogen) atoms. The average Bonchev–Trinajstić information content (AvgIpc) is 2.15. The lowest BCUT2D eigenvalue weighted by atomic mass is 10.2. The third kappa shape index (κ3) is 3.80. The summed E-state index contributed by atoms with van der Waals surface area (Å²) in [5.41, 5.74) is 0.883. The molecule has 0 aliphatic rings. The van der Waals surface area contributed by atoms with E-state index < -0.39 is 5.97 Å². The largest absolute Gasteiger partial charge is 0.508 e. The summed E-state index contributed by atoms with van der Waals surface area (Å²) in [6.07, 6.45) is 0.765. The molecule has 0 aliphatic heterocycles. The van der Waals surface area contributed by atoms with Crippen molar-refractivity contribution in [3.63, 3.8) is 0 Å². The zero-order valence-electron chi connectivity index (χ0n) is 7.73. The van der Waals surface area contributed by atoms with Crippen LogP contribution in [0.25, 0.3) is 0 Å². The summed E-state index contributed by atoms with van der Waals surface area (Å²) in [6.45, 7) is 0.622. The fourth-order valence-electron chi connectivity index (χ4n) is 1.05. The highest BCUT2D eigenvalue weighted by atomic mass is 16.4. The smallest absolute Gasteiger partial charge is 0.303 e. The van der Waals surface area contributed by atoms with Crippen molar-refractivity contribution in [1.82, 2.24) is 0 Å². The zero-order chi connectivity index (χ0) is 10.4. The Morgan fingerprint density at radius 3 is 2.50 bits per heavy atom. The fraction of sp³-hybridized carbons (Fsp3) is 0.300. The molecule has 0 heterocycles. The van der Waals surface area contributed by atoms with E-state index in [2.05, 4.69) is 5.32 Å². The Bertz CT molecular complexity index is 295. The van der Waals surface area contributed by atoms with Gasteiger partial charge in [-0.2, -0.15) is 0 Å². The van der Waals surface area contributed by atoms with Gasteiger partial charge >= 0.3 is 5.97 Å². The van der Waals surface area contributed by atoms with Gasteiger partial charge in [-0.3, -0.25) is 4.79 Å². The van der Waals surface area contributed by atoms with Gasteiger partial charge in [0.25, 0.3) is 0 Å². The first-order valence-electron chi connectivity index (χ1n) is 4.43. The van der Waals surface area contributed by atoms with E-state index in [4.69, 9.17) is 10.2 Å². The second-order valence-electron chi connectivity index (χ2n) is 2.97. The van der Waals surface area contributed by atoms with Crippen LogP contribution in [-0.4, -0.2) is 22.7 Å². The van der Waals surface area contributed by atoms with Crippen LogP contribution in [0.3, 0.4) is 0 Å². The Hall–Kier alpha value is -1.71. The standard InChI is InChI=1S/C10H13NO3/c12-9-5-3-8(4-6-9)11-7-1-2-10(13)14/h3-6,11-12H,1-2,7H2,(H,13,14). The van der Waals surface area contributed by atoms with E-state index in [1.165, 1.54) is 0 Å². The van der Waals surface area contributed by atoms with Crippen molar-refractivity contribution in [3.8, 4) is 5.75 Å². The van der Waals surface area contributed by atoms with E-state index in [1.807, 2.05) is 0 Å². The van der Waals surface area contributed by atoms with E-state index >= 15 is 0 Å². The quantitative estimate of drug-likeness (QED) is 0.493. The number of phenolic OH excluding ortho intramolecular Hbond substituents is 1. The zero-order valence-corrected chi connectivity index (χ0v) is 7.73. The summed E-state index contributed by atoms with van der Waals surface area (Å²) in [5.74, 6) is -0.557. The second-order valence-corrected chi connectivity index (χ2v) is 2.97.